The number of hydrogen-bond donors (Lipinski definition) is 0. The van der Waals surface area contributed by atoms with Gasteiger partial charge >= 0.3 is 0 Å². The molecule has 0 spiro atoms. The molecule has 138 valence electrons. The van der Waals surface area contributed by atoms with Gasteiger partial charge in [-0.05, 0) is 42.8 Å². The molecule has 0 aliphatic carbocycles. The van der Waals surface area contributed by atoms with E-state index >= 15 is 0 Å². The molecule has 0 aliphatic heterocycles. The van der Waals surface area contributed by atoms with Crippen molar-refractivity contribution in [1.82, 2.24) is 14.7 Å². The Kier molecular flexibility index (Phi) is 6.05. The van der Waals surface area contributed by atoms with Crippen molar-refractivity contribution >= 4 is 12.0 Å². The Balaban J connectivity index is 1.58. The average Bonchev–Trinajstić information content (AvgIpc) is 3.17. The molecule has 5 heteroatoms. The van der Waals surface area contributed by atoms with E-state index in [2.05, 4.69) is 5.10 Å². The topological polar surface area (TPSA) is 47.4 Å². The van der Waals surface area contributed by atoms with Gasteiger partial charge in [-0.2, -0.15) is 5.10 Å². The summed E-state index contributed by atoms with van der Waals surface area (Å²) in [6, 6.07) is 17.7. The highest BCUT2D eigenvalue weighted by molar-refractivity contribution is 5.91. The Hall–Kier alpha value is -3.34. The van der Waals surface area contributed by atoms with Crippen molar-refractivity contribution in [1.29, 1.82) is 0 Å². The maximum absolute atomic E-state index is 12.4. The number of amides is 1. The van der Waals surface area contributed by atoms with Gasteiger partial charge in [0.15, 0.2) is 0 Å². The molecule has 0 unspecified atom stereocenters. The summed E-state index contributed by atoms with van der Waals surface area (Å²) in [6.07, 6.45) is 6.99. The smallest absolute Gasteiger partial charge is 0.246 e. The summed E-state index contributed by atoms with van der Waals surface area (Å²) in [6.45, 7) is 3.14. The van der Waals surface area contributed by atoms with Gasteiger partial charge < -0.3 is 9.64 Å². The zero-order valence-corrected chi connectivity index (χ0v) is 15.6. The van der Waals surface area contributed by atoms with Crippen LogP contribution in [0.4, 0.5) is 0 Å². The second-order valence-electron chi connectivity index (χ2n) is 6.16. The van der Waals surface area contributed by atoms with E-state index in [-0.39, 0.29) is 5.91 Å². The lowest BCUT2D eigenvalue weighted by Gasteiger charge is -2.15. The zero-order chi connectivity index (χ0) is 19.1. The third-order valence-corrected chi connectivity index (χ3v) is 4.07. The number of aromatic nitrogens is 2. The fourth-order valence-electron chi connectivity index (χ4n) is 2.65. The third kappa shape index (κ3) is 5.07. The first kappa shape index (κ1) is 18.5. The first-order valence-corrected chi connectivity index (χ1v) is 8.90. The van der Waals surface area contributed by atoms with Crippen LogP contribution in [0.15, 0.2) is 73.1 Å². The van der Waals surface area contributed by atoms with Gasteiger partial charge in [-0.3, -0.25) is 4.79 Å². The lowest BCUT2D eigenvalue weighted by Crippen LogP contribution is -2.24. The second kappa shape index (κ2) is 8.85. The fourth-order valence-corrected chi connectivity index (χ4v) is 2.65. The Morgan fingerprint density at radius 2 is 1.89 bits per heavy atom. The molecule has 3 aromatic rings. The molecule has 0 N–H and O–H groups in total. The van der Waals surface area contributed by atoms with Crippen molar-refractivity contribution in [2.45, 2.75) is 13.5 Å². The van der Waals surface area contributed by atoms with Crippen LogP contribution in [-0.2, 0) is 11.3 Å². The van der Waals surface area contributed by atoms with Crippen LogP contribution in [-0.4, -0.2) is 34.2 Å². The molecule has 1 aromatic heterocycles. The van der Waals surface area contributed by atoms with Crippen LogP contribution in [0.5, 0.6) is 5.75 Å². The molecule has 1 heterocycles. The molecule has 1 amide bonds. The molecule has 0 fully saturated rings. The zero-order valence-electron chi connectivity index (χ0n) is 15.6. The van der Waals surface area contributed by atoms with E-state index in [9.17, 15) is 4.79 Å². The predicted octanol–water partition coefficient (Wildman–Crippen LogP) is 3.94. The number of nitrogens with zero attached hydrogens (tertiary/aromatic N) is 3. The van der Waals surface area contributed by atoms with E-state index in [4.69, 9.17) is 4.74 Å². The number of rotatable bonds is 7. The number of ether oxygens (including phenoxy) is 1. The molecule has 27 heavy (non-hydrogen) atoms. The molecule has 0 bridgehead atoms. The molecule has 0 saturated carbocycles. The largest absolute Gasteiger partial charge is 0.494 e. The minimum absolute atomic E-state index is 0.0589. The highest BCUT2D eigenvalue weighted by Crippen LogP contribution is 2.14. The van der Waals surface area contributed by atoms with Crippen LogP contribution in [0, 0.1) is 0 Å². The van der Waals surface area contributed by atoms with Gasteiger partial charge in [0.1, 0.15) is 5.75 Å². The lowest BCUT2D eigenvalue weighted by atomic mass is 10.2. The third-order valence-electron chi connectivity index (χ3n) is 4.07. The Labute approximate surface area is 159 Å². The SMILES string of the molecule is CCOc1ccc(CN(C)C(=O)/C=C/c2cnn(-c3ccccc3)c2)cc1. The van der Waals surface area contributed by atoms with Gasteiger partial charge in [0.25, 0.3) is 0 Å². The van der Waals surface area contributed by atoms with E-state index in [1.54, 1.807) is 35.0 Å². The molecular weight excluding hydrogens is 338 g/mol. The number of likely N-dealkylation sites (N-methyl/N-ethyl adjacent to an activating group) is 1. The molecule has 0 atom stereocenters. The van der Waals surface area contributed by atoms with Gasteiger partial charge in [0.05, 0.1) is 18.5 Å². The highest BCUT2D eigenvalue weighted by Gasteiger charge is 2.06. The standard InChI is InChI=1S/C22H23N3O2/c1-3-27-21-12-9-18(10-13-21)16-24(2)22(26)14-11-19-15-23-25(17-19)20-7-5-4-6-8-20/h4-15,17H,3,16H2,1-2H3/b14-11+. The highest BCUT2D eigenvalue weighted by atomic mass is 16.5. The summed E-state index contributed by atoms with van der Waals surface area (Å²) in [5, 5.41) is 4.33. The number of para-hydroxylation sites is 1. The van der Waals surface area contributed by atoms with Gasteiger partial charge in [-0.15, -0.1) is 0 Å². The predicted molar refractivity (Wildman–Crippen MR) is 107 cm³/mol. The minimum Gasteiger partial charge on any atom is -0.494 e. The van der Waals surface area contributed by atoms with Crippen molar-refractivity contribution in [2.24, 2.45) is 0 Å². The van der Waals surface area contributed by atoms with Crippen molar-refractivity contribution in [3.8, 4) is 11.4 Å². The van der Waals surface area contributed by atoms with Crippen LogP contribution in [0.2, 0.25) is 0 Å². The maximum Gasteiger partial charge on any atom is 0.246 e. The van der Waals surface area contributed by atoms with Crippen molar-refractivity contribution in [3.63, 3.8) is 0 Å². The molecule has 0 aliphatic rings. The fraction of sp³-hybridized carbons (Fsp3) is 0.182. The van der Waals surface area contributed by atoms with Crippen molar-refractivity contribution < 1.29 is 9.53 Å². The summed E-state index contributed by atoms with van der Waals surface area (Å²) in [5.74, 6) is 0.780. The summed E-state index contributed by atoms with van der Waals surface area (Å²) < 4.78 is 7.22. The van der Waals surface area contributed by atoms with Gasteiger partial charge in [-0.25, -0.2) is 4.68 Å². The van der Waals surface area contributed by atoms with Crippen LogP contribution in [0.1, 0.15) is 18.1 Å². The molecule has 0 radical (unpaired) electrons. The second-order valence-corrected chi connectivity index (χ2v) is 6.16. The first-order valence-electron chi connectivity index (χ1n) is 8.90. The molecule has 0 saturated heterocycles. The van der Waals surface area contributed by atoms with E-state index < -0.39 is 0 Å². The number of benzene rings is 2. The summed E-state index contributed by atoms with van der Waals surface area (Å²) in [5.41, 5.74) is 2.91. The monoisotopic (exact) mass is 361 g/mol. The van der Waals surface area contributed by atoms with Crippen LogP contribution >= 0.6 is 0 Å². The minimum atomic E-state index is -0.0589. The number of hydrogen-bond acceptors (Lipinski definition) is 3. The molecule has 5 nitrogen and oxygen atoms in total. The van der Waals surface area contributed by atoms with Gasteiger partial charge in [-0.1, -0.05) is 30.3 Å². The molecular formula is C22H23N3O2. The Morgan fingerprint density at radius 1 is 1.15 bits per heavy atom. The van der Waals surface area contributed by atoms with Crippen LogP contribution in [0.3, 0.4) is 0 Å². The van der Waals surface area contributed by atoms with Gasteiger partial charge in [0.2, 0.25) is 5.91 Å². The average molecular weight is 361 g/mol. The van der Waals surface area contributed by atoms with Crippen molar-refractivity contribution in [2.75, 3.05) is 13.7 Å². The van der Waals surface area contributed by atoms with E-state index in [0.717, 1.165) is 22.6 Å². The van der Waals surface area contributed by atoms with E-state index in [1.807, 2.05) is 67.7 Å². The summed E-state index contributed by atoms with van der Waals surface area (Å²) in [7, 11) is 1.79. The number of carbonyl (C=O) groups is 1. The van der Waals surface area contributed by atoms with Crippen molar-refractivity contribution in [3.05, 3.63) is 84.2 Å². The summed E-state index contributed by atoms with van der Waals surface area (Å²) in [4.78, 5) is 14.0. The quantitative estimate of drug-likeness (QED) is 0.599. The Bertz CT molecular complexity index is 899. The lowest BCUT2D eigenvalue weighted by molar-refractivity contribution is -0.125. The first-order chi connectivity index (χ1) is 13.2. The number of carbonyl (C=O) groups excluding carboxylic acids is 1. The van der Waals surface area contributed by atoms with Crippen LogP contribution < -0.4 is 4.74 Å². The molecule has 3 rings (SSSR count). The maximum atomic E-state index is 12.4. The van der Waals surface area contributed by atoms with E-state index in [0.29, 0.717) is 13.2 Å². The molecule has 2 aromatic carbocycles. The van der Waals surface area contributed by atoms with E-state index in [1.165, 1.54) is 0 Å². The Morgan fingerprint density at radius 3 is 2.59 bits per heavy atom. The normalized spacial score (nSPS) is 10.9. The van der Waals surface area contributed by atoms with Gasteiger partial charge in [0, 0.05) is 31.4 Å². The summed E-state index contributed by atoms with van der Waals surface area (Å²) >= 11 is 0. The van der Waals surface area contributed by atoms with Crippen LogP contribution in [0.25, 0.3) is 11.8 Å².